The maximum absolute atomic E-state index is 12.0. The lowest BCUT2D eigenvalue weighted by molar-refractivity contribution is 0.0935. The summed E-state index contributed by atoms with van der Waals surface area (Å²) in [7, 11) is 0. The van der Waals surface area contributed by atoms with Crippen LogP contribution in [-0.2, 0) is 0 Å². The number of carbonyl (C=O) groups is 1. The van der Waals surface area contributed by atoms with E-state index in [-0.39, 0.29) is 5.76 Å². The van der Waals surface area contributed by atoms with Crippen LogP contribution < -0.4 is 10.9 Å². The van der Waals surface area contributed by atoms with Gasteiger partial charge in [-0.1, -0.05) is 17.7 Å². The number of amides is 1. The molecule has 0 saturated heterocycles. The second kappa shape index (κ2) is 6.32. The quantitative estimate of drug-likeness (QED) is 0.550. The van der Waals surface area contributed by atoms with Gasteiger partial charge in [-0.15, -0.1) is 0 Å². The molecule has 4 aromatic rings. The SMILES string of the molecule is Cc1ccc(-n2ncc3c(NNC(=O)c4ccco4)ncnc32)c(C)c1. The first-order valence-corrected chi connectivity index (χ1v) is 8.00. The van der Waals surface area contributed by atoms with E-state index >= 15 is 0 Å². The number of carbonyl (C=O) groups excluding carboxylic acids is 1. The zero-order chi connectivity index (χ0) is 18.1. The van der Waals surface area contributed by atoms with Gasteiger partial charge in [-0.2, -0.15) is 5.10 Å². The highest BCUT2D eigenvalue weighted by atomic mass is 16.3. The molecule has 2 N–H and O–H groups in total. The van der Waals surface area contributed by atoms with E-state index < -0.39 is 5.91 Å². The normalized spacial score (nSPS) is 10.8. The highest BCUT2D eigenvalue weighted by molar-refractivity contribution is 5.93. The fourth-order valence-electron chi connectivity index (χ4n) is 2.75. The van der Waals surface area contributed by atoms with Crippen LogP contribution in [0.5, 0.6) is 0 Å². The second-order valence-electron chi connectivity index (χ2n) is 5.86. The number of rotatable bonds is 4. The predicted molar refractivity (Wildman–Crippen MR) is 95.9 cm³/mol. The first kappa shape index (κ1) is 15.8. The Bertz CT molecular complexity index is 1080. The number of nitrogens with zero attached hydrogens (tertiary/aromatic N) is 4. The predicted octanol–water partition coefficient (Wildman–Crippen LogP) is 2.78. The first-order chi connectivity index (χ1) is 12.6. The molecule has 0 spiro atoms. The van der Waals surface area contributed by atoms with Gasteiger partial charge in [0.1, 0.15) is 6.33 Å². The van der Waals surface area contributed by atoms with Crippen LogP contribution in [0.15, 0.2) is 53.5 Å². The van der Waals surface area contributed by atoms with Crippen molar-refractivity contribution in [2.75, 3.05) is 5.43 Å². The van der Waals surface area contributed by atoms with Gasteiger partial charge in [0.25, 0.3) is 0 Å². The third-order valence-corrected chi connectivity index (χ3v) is 3.99. The monoisotopic (exact) mass is 348 g/mol. The zero-order valence-corrected chi connectivity index (χ0v) is 14.2. The number of hydrogen-bond acceptors (Lipinski definition) is 6. The molecule has 0 aliphatic carbocycles. The Hall–Kier alpha value is -3.68. The van der Waals surface area contributed by atoms with E-state index in [1.807, 2.05) is 26.0 Å². The molecule has 0 unspecified atom stereocenters. The lowest BCUT2D eigenvalue weighted by Gasteiger charge is -2.09. The van der Waals surface area contributed by atoms with Crippen LogP contribution in [0.2, 0.25) is 0 Å². The number of nitrogens with one attached hydrogen (secondary N) is 2. The van der Waals surface area contributed by atoms with Crippen LogP contribution >= 0.6 is 0 Å². The molecule has 3 heterocycles. The molecule has 0 fully saturated rings. The Balaban J connectivity index is 1.66. The highest BCUT2D eigenvalue weighted by Crippen LogP contribution is 2.23. The molecule has 8 heteroatoms. The first-order valence-electron chi connectivity index (χ1n) is 8.00. The van der Waals surface area contributed by atoms with Gasteiger partial charge in [-0.25, -0.2) is 14.6 Å². The molecule has 1 aromatic carbocycles. The molecule has 26 heavy (non-hydrogen) atoms. The molecule has 0 aliphatic rings. The van der Waals surface area contributed by atoms with Gasteiger partial charge >= 0.3 is 5.91 Å². The van der Waals surface area contributed by atoms with Crippen LogP contribution in [0.3, 0.4) is 0 Å². The van der Waals surface area contributed by atoms with Gasteiger partial charge in [0.05, 0.1) is 23.5 Å². The summed E-state index contributed by atoms with van der Waals surface area (Å²) in [4.78, 5) is 20.5. The third-order valence-electron chi connectivity index (χ3n) is 3.99. The van der Waals surface area contributed by atoms with E-state index in [1.165, 1.54) is 18.2 Å². The zero-order valence-electron chi connectivity index (χ0n) is 14.2. The average molecular weight is 348 g/mol. The Morgan fingerprint density at radius 2 is 2.08 bits per heavy atom. The number of aryl methyl sites for hydroxylation is 2. The highest BCUT2D eigenvalue weighted by Gasteiger charge is 2.14. The Morgan fingerprint density at radius 3 is 2.85 bits per heavy atom. The summed E-state index contributed by atoms with van der Waals surface area (Å²) >= 11 is 0. The summed E-state index contributed by atoms with van der Waals surface area (Å²) in [6.07, 6.45) is 4.52. The molecule has 130 valence electrons. The van der Waals surface area contributed by atoms with Gasteiger partial charge in [-0.05, 0) is 37.6 Å². The molecule has 3 aromatic heterocycles. The molecule has 0 saturated carbocycles. The third kappa shape index (κ3) is 2.77. The minimum Gasteiger partial charge on any atom is -0.459 e. The van der Waals surface area contributed by atoms with Crippen LogP contribution in [0.4, 0.5) is 5.82 Å². The molecular weight excluding hydrogens is 332 g/mol. The van der Waals surface area contributed by atoms with Crippen molar-refractivity contribution in [2.24, 2.45) is 0 Å². The maximum Gasteiger partial charge on any atom is 0.305 e. The number of anilines is 1. The summed E-state index contributed by atoms with van der Waals surface area (Å²) in [5.74, 6) is 0.253. The summed E-state index contributed by atoms with van der Waals surface area (Å²) in [6, 6.07) is 9.34. The topological polar surface area (TPSA) is 97.9 Å². The van der Waals surface area contributed by atoms with Gasteiger partial charge < -0.3 is 4.42 Å². The maximum atomic E-state index is 12.0. The molecular formula is C18H16N6O2. The largest absolute Gasteiger partial charge is 0.459 e. The Kier molecular flexibility index (Phi) is 3.85. The van der Waals surface area contributed by atoms with Gasteiger partial charge in [0, 0.05) is 0 Å². The van der Waals surface area contributed by atoms with E-state index in [0.717, 1.165) is 11.3 Å². The second-order valence-corrected chi connectivity index (χ2v) is 5.86. The van der Waals surface area contributed by atoms with Crippen molar-refractivity contribution in [2.45, 2.75) is 13.8 Å². The van der Waals surface area contributed by atoms with E-state index in [1.54, 1.807) is 23.0 Å². The van der Waals surface area contributed by atoms with Crippen molar-refractivity contribution in [3.8, 4) is 5.69 Å². The van der Waals surface area contributed by atoms with Crippen molar-refractivity contribution in [3.63, 3.8) is 0 Å². The molecule has 1 amide bonds. The lowest BCUT2D eigenvalue weighted by atomic mass is 10.1. The smallest absolute Gasteiger partial charge is 0.305 e. The summed E-state index contributed by atoms with van der Waals surface area (Å²) in [5, 5.41) is 5.12. The molecule has 8 nitrogen and oxygen atoms in total. The number of furan rings is 1. The Morgan fingerprint density at radius 1 is 1.19 bits per heavy atom. The molecule has 0 radical (unpaired) electrons. The van der Waals surface area contributed by atoms with Crippen LogP contribution in [0.25, 0.3) is 16.7 Å². The average Bonchev–Trinajstić information content (AvgIpc) is 3.30. The van der Waals surface area contributed by atoms with Crippen LogP contribution in [0, 0.1) is 13.8 Å². The number of aromatic nitrogens is 4. The lowest BCUT2D eigenvalue weighted by Crippen LogP contribution is -2.29. The molecule has 4 rings (SSSR count). The fraction of sp³-hybridized carbons (Fsp3) is 0.111. The van der Waals surface area contributed by atoms with Crippen molar-refractivity contribution in [1.29, 1.82) is 0 Å². The van der Waals surface area contributed by atoms with E-state index in [9.17, 15) is 4.79 Å². The number of benzene rings is 1. The standard InChI is InChI=1S/C18H16N6O2/c1-11-5-6-14(12(2)8-11)24-17-13(9-21-24)16(19-10-20-17)22-23-18(25)15-4-3-7-26-15/h3-10H,1-2H3,(H,23,25)(H,19,20,22). The van der Waals surface area contributed by atoms with Crippen molar-refractivity contribution < 1.29 is 9.21 Å². The van der Waals surface area contributed by atoms with Crippen LogP contribution in [-0.4, -0.2) is 25.7 Å². The van der Waals surface area contributed by atoms with Crippen molar-refractivity contribution in [1.82, 2.24) is 25.2 Å². The van der Waals surface area contributed by atoms with Crippen molar-refractivity contribution >= 4 is 22.8 Å². The minimum atomic E-state index is -0.400. The minimum absolute atomic E-state index is 0.203. The summed E-state index contributed by atoms with van der Waals surface area (Å²) in [6.45, 7) is 4.07. The Labute approximate surface area is 148 Å². The summed E-state index contributed by atoms with van der Waals surface area (Å²) in [5.41, 5.74) is 9.20. The van der Waals surface area contributed by atoms with E-state index in [2.05, 4.69) is 32.0 Å². The molecule has 0 bridgehead atoms. The number of hydrazine groups is 1. The van der Waals surface area contributed by atoms with Crippen molar-refractivity contribution in [3.05, 3.63) is 66.0 Å². The van der Waals surface area contributed by atoms with Gasteiger partial charge in [0.15, 0.2) is 17.2 Å². The molecule has 0 aliphatic heterocycles. The fourth-order valence-corrected chi connectivity index (χ4v) is 2.75. The van der Waals surface area contributed by atoms with E-state index in [4.69, 9.17) is 4.42 Å². The van der Waals surface area contributed by atoms with E-state index in [0.29, 0.717) is 16.9 Å². The van der Waals surface area contributed by atoms with Crippen LogP contribution in [0.1, 0.15) is 21.7 Å². The number of fused-ring (bicyclic) bond motifs is 1. The number of hydrogen-bond donors (Lipinski definition) is 2. The molecule has 0 atom stereocenters. The summed E-state index contributed by atoms with van der Waals surface area (Å²) < 4.78 is 6.81. The van der Waals surface area contributed by atoms with Gasteiger partial charge in [-0.3, -0.25) is 15.6 Å². The van der Waals surface area contributed by atoms with Gasteiger partial charge in [0.2, 0.25) is 0 Å².